The van der Waals surface area contributed by atoms with Gasteiger partial charge in [-0.25, -0.2) is 0 Å². The predicted molar refractivity (Wildman–Crippen MR) is 88.3 cm³/mol. The first kappa shape index (κ1) is 15.2. The normalized spacial score (nSPS) is 10.6. The molecule has 2 rings (SSSR count). The van der Waals surface area contributed by atoms with Crippen LogP contribution in [0.2, 0.25) is 0 Å². The lowest BCUT2D eigenvalue weighted by Gasteiger charge is -2.07. The third-order valence-corrected chi connectivity index (χ3v) is 4.79. The van der Waals surface area contributed by atoms with Gasteiger partial charge in [-0.15, -0.1) is 11.3 Å². The van der Waals surface area contributed by atoms with E-state index in [1.807, 2.05) is 24.3 Å². The summed E-state index contributed by atoms with van der Waals surface area (Å²) in [5.41, 5.74) is 2.10. The third-order valence-electron chi connectivity index (χ3n) is 2.95. The van der Waals surface area contributed by atoms with Crippen molar-refractivity contribution in [3.8, 4) is 0 Å². The first-order chi connectivity index (χ1) is 9.56. The quantitative estimate of drug-likeness (QED) is 0.857. The van der Waals surface area contributed by atoms with Crippen molar-refractivity contribution >= 4 is 38.9 Å². The number of hydrogen-bond acceptors (Lipinski definition) is 3. The number of halogens is 1. The van der Waals surface area contributed by atoms with E-state index in [-0.39, 0.29) is 5.91 Å². The van der Waals surface area contributed by atoms with Gasteiger partial charge in [-0.2, -0.15) is 0 Å². The summed E-state index contributed by atoms with van der Waals surface area (Å²) in [6, 6.07) is 9.75. The fourth-order valence-corrected chi connectivity index (χ4v) is 3.20. The molecule has 1 aromatic heterocycles. The number of aryl methyl sites for hydroxylation is 2. The fraction of sp³-hybridized carbons (Fsp3) is 0.267. The zero-order valence-electron chi connectivity index (χ0n) is 11.5. The molecule has 20 heavy (non-hydrogen) atoms. The van der Waals surface area contributed by atoms with Gasteiger partial charge in [-0.3, -0.25) is 4.79 Å². The van der Waals surface area contributed by atoms with Crippen LogP contribution in [0.1, 0.15) is 15.3 Å². The second-order valence-corrected chi connectivity index (χ2v) is 6.78. The molecule has 0 aliphatic heterocycles. The highest BCUT2D eigenvalue weighted by molar-refractivity contribution is 9.10. The molecule has 1 heterocycles. The standard InChI is InChI=1S/C15H17BrN2OS/c1-10-7-12(20-11(10)2)8-17-9-15(19)18-14-6-4-3-5-13(14)16/h3-7,17H,8-9H2,1-2H3,(H,18,19). The van der Waals surface area contributed by atoms with Gasteiger partial charge in [0.25, 0.3) is 0 Å². The van der Waals surface area contributed by atoms with Crippen molar-refractivity contribution in [3.63, 3.8) is 0 Å². The average Bonchev–Trinajstić information content (AvgIpc) is 2.71. The Morgan fingerprint density at radius 1 is 1.30 bits per heavy atom. The number of benzene rings is 1. The Morgan fingerprint density at radius 2 is 2.05 bits per heavy atom. The summed E-state index contributed by atoms with van der Waals surface area (Å²) in [4.78, 5) is 14.4. The van der Waals surface area contributed by atoms with E-state index < -0.39 is 0 Å². The number of anilines is 1. The van der Waals surface area contributed by atoms with E-state index in [1.165, 1.54) is 15.3 Å². The van der Waals surface area contributed by atoms with Gasteiger partial charge in [0.15, 0.2) is 0 Å². The van der Waals surface area contributed by atoms with Crippen LogP contribution in [0.15, 0.2) is 34.8 Å². The number of para-hydroxylation sites is 1. The van der Waals surface area contributed by atoms with E-state index >= 15 is 0 Å². The summed E-state index contributed by atoms with van der Waals surface area (Å²) in [6.45, 7) is 5.25. The molecule has 0 aliphatic carbocycles. The molecule has 0 fully saturated rings. The molecule has 0 unspecified atom stereocenters. The molecule has 0 bridgehead atoms. The zero-order valence-corrected chi connectivity index (χ0v) is 13.9. The number of amides is 1. The predicted octanol–water partition coefficient (Wildman–Crippen LogP) is 3.86. The minimum Gasteiger partial charge on any atom is -0.324 e. The van der Waals surface area contributed by atoms with E-state index in [9.17, 15) is 4.79 Å². The van der Waals surface area contributed by atoms with Crippen LogP contribution in [0, 0.1) is 13.8 Å². The molecule has 106 valence electrons. The maximum Gasteiger partial charge on any atom is 0.238 e. The summed E-state index contributed by atoms with van der Waals surface area (Å²) in [5, 5.41) is 6.03. The lowest BCUT2D eigenvalue weighted by Crippen LogP contribution is -2.27. The molecule has 3 nitrogen and oxygen atoms in total. The first-order valence-electron chi connectivity index (χ1n) is 6.37. The fourth-order valence-electron chi connectivity index (χ4n) is 1.79. The van der Waals surface area contributed by atoms with Crippen molar-refractivity contribution in [2.75, 3.05) is 11.9 Å². The highest BCUT2D eigenvalue weighted by atomic mass is 79.9. The van der Waals surface area contributed by atoms with Crippen molar-refractivity contribution in [1.82, 2.24) is 5.32 Å². The molecule has 0 radical (unpaired) electrons. The molecule has 2 N–H and O–H groups in total. The van der Waals surface area contributed by atoms with E-state index in [0.717, 1.165) is 16.7 Å². The molecule has 5 heteroatoms. The second kappa shape index (κ2) is 7.02. The lowest BCUT2D eigenvalue weighted by atomic mass is 10.3. The Labute approximate surface area is 131 Å². The monoisotopic (exact) mass is 352 g/mol. The van der Waals surface area contributed by atoms with E-state index in [4.69, 9.17) is 0 Å². The maximum absolute atomic E-state index is 11.8. The van der Waals surface area contributed by atoms with Crippen LogP contribution in [0.25, 0.3) is 0 Å². The lowest BCUT2D eigenvalue weighted by molar-refractivity contribution is -0.115. The van der Waals surface area contributed by atoms with E-state index in [2.05, 4.69) is 46.5 Å². The van der Waals surface area contributed by atoms with Crippen LogP contribution in [0.5, 0.6) is 0 Å². The summed E-state index contributed by atoms with van der Waals surface area (Å²) < 4.78 is 0.887. The molecule has 0 spiro atoms. The van der Waals surface area contributed by atoms with Crippen molar-refractivity contribution < 1.29 is 4.79 Å². The van der Waals surface area contributed by atoms with Gasteiger partial charge >= 0.3 is 0 Å². The summed E-state index contributed by atoms with van der Waals surface area (Å²) in [5.74, 6) is -0.0399. The van der Waals surface area contributed by atoms with Gasteiger partial charge < -0.3 is 10.6 Å². The van der Waals surface area contributed by atoms with Gasteiger partial charge in [-0.05, 0) is 53.5 Å². The summed E-state index contributed by atoms with van der Waals surface area (Å²) in [6.07, 6.45) is 0. The Kier molecular flexibility index (Phi) is 5.34. The second-order valence-electron chi connectivity index (χ2n) is 4.58. The highest BCUT2D eigenvalue weighted by Gasteiger charge is 2.06. The Morgan fingerprint density at radius 3 is 2.70 bits per heavy atom. The molecule has 1 aromatic carbocycles. The molecule has 0 atom stereocenters. The highest BCUT2D eigenvalue weighted by Crippen LogP contribution is 2.21. The summed E-state index contributed by atoms with van der Waals surface area (Å²) in [7, 11) is 0. The van der Waals surface area contributed by atoms with Gasteiger partial charge in [0.2, 0.25) is 5.91 Å². The molecule has 0 aliphatic rings. The molecule has 0 saturated heterocycles. The van der Waals surface area contributed by atoms with Crippen LogP contribution in [0.3, 0.4) is 0 Å². The van der Waals surface area contributed by atoms with Crippen LogP contribution >= 0.6 is 27.3 Å². The summed E-state index contributed by atoms with van der Waals surface area (Å²) >= 11 is 5.18. The SMILES string of the molecule is Cc1cc(CNCC(=O)Nc2ccccc2Br)sc1C. The van der Waals surface area contributed by atoms with Crippen LogP contribution in [0.4, 0.5) is 5.69 Å². The van der Waals surface area contributed by atoms with E-state index in [0.29, 0.717) is 6.54 Å². The number of hydrogen-bond donors (Lipinski definition) is 2. The van der Waals surface area contributed by atoms with Crippen LogP contribution < -0.4 is 10.6 Å². The minimum atomic E-state index is -0.0399. The van der Waals surface area contributed by atoms with Crippen molar-refractivity contribution in [2.45, 2.75) is 20.4 Å². The van der Waals surface area contributed by atoms with Crippen LogP contribution in [-0.4, -0.2) is 12.5 Å². The Balaban J connectivity index is 1.80. The Bertz CT molecular complexity index is 590. The smallest absolute Gasteiger partial charge is 0.238 e. The van der Waals surface area contributed by atoms with Gasteiger partial charge in [0, 0.05) is 20.8 Å². The number of nitrogens with one attached hydrogen (secondary N) is 2. The number of carbonyl (C=O) groups excluding carboxylic acids is 1. The molecular formula is C15H17BrN2OS. The first-order valence-corrected chi connectivity index (χ1v) is 7.98. The zero-order chi connectivity index (χ0) is 14.5. The van der Waals surface area contributed by atoms with Crippen molar-refractivity contribution in [1.29, 1.82) is 0 Å². The molecular weight excluding hydrogens is 336 g/mol. The van der Waals surface area contributed by atoms with Gasteiger partial charge in [-0.1, -0.05) is 12.1 Å². The van der Waals surface area contributed by atoms with Gasteiger partial charge in [0.1, 0.15) is 0 Å². The molecule has 1 amide bonds. The number of thiophene rings is 1. The topological polar surface area (TPSA) is 41.1 Å². The van der Waals surface area contributed by atoms with Gasteiger partial charge in [0.05, 0.1) is 12.2 Å². The molecule has 2 aromatic rings. The maximum atomic E-state index is 11.8. The largest absolute Gasteiger partial charge is 0.324 e. The Hall–Kier alpha value is -1.17. The number of rotatable bonds is 5. The molecule has 0 saturated carbocycles. The van der Waals surface area contributed by atoms with Crippen molar-refractivity contribution in [3.05, 3.63) is 50.1 Å². The number of carbonyl (C=O) groups is 1. The third kappa shape index (κ3) is 4.16. The van der Waals surface area contributed by atoms with Crippen molar-refractivity contribution in [2.24, 2.45) is 0 Å². The minimum absolute atomic E-state index is 0.0399. The average molecular weight is 353 g/mol. The van der Waals surface area contributed by atoms with Crippen LogP contribution in [-0.2, 0) is 11.3 Å². The van der Waals surface area contributed by atoms with E-state index in [1.54, 1.807) is 11.3 Å².